The normalized spacial score (nSPS) is 12.1. The molecule has 0 aromatic heterocycles. The number of amides is 1. The molecule has 1 aromatic rings. The summed E-state index contributed by atoms with van der Waals surface area (Å²) in [5.74, 6) is -1.09. The molecule has 1 amide bonds. The van der Waals surface area contributed by atoms with Gasteiger partial charge in [0.2, 0.25) is 0 Å². The fourth-order valence-electron chi connectivity index (χ4n) is 2.06. The molecular weight excluding hydrogens is 273 g/mol. The van der Waals surface area contributed by atoms with Crippen LogP contribution in [-0.2, 0) is 9.53 Å². The summed E-state index contributed by atoms with van der Waals surface area (Å²) in [6, 6.07) is 5.41. The van der Waals surface area contributed by atoms with Crippen molar-refractivity contribution in [1.29, 1.82) is 0 Å². The van der Waals surface area contributed by atoms with E-state index in [4.69, 9.17) is 4.74 Å². The first-order valence-electron chi connectivity index (χ1n) is 6.97. The van der Waals surface area contributed by atoms with Crippen molar-refractivity contribution < 1.29 is 18.7 Å². The van der Waals surface area contributed by atoms with E-state index in [-0.39, 0.29) is 30.2 Å². The van der Waals surface area contributed by atoms with Crippen LogP contribution in [0.3, 0.4) is 0 Å². The third-order valence-corrected chi connectivity index (χ3v) is 3.06. The average Bonchev–Trinajstić information content (AvgIpc) is 2.45. The second-order valence-corrected chi connectivity index (χ2v) is 5.54. The minimum atomic E-state index is -0.404. The molecule has 4 nitrogen and oxygen atoms in total. The van der Waals surface area contributed by atoms with Gasteiger partial charge >= 0.3 is 5.97 Å². The van der Waals surface area contributed by atoms with Crippen molar-refractivity contribution in [3.8, 4) is 0 Å². The van der Waals surface area contributed by atoms with E-state index in [2.05, 4.69) is 0 Å². The summed E-state index contributed by atoms with van der Waals surface area (Å²) in [5.41, 5.74) is 0.411. The quantitative estimate of drug-likeness (QED) is 0.758. The smallest absolute Gasteiger partial charge is 0.310 e. The van der Waals surface area contributed by atoms with Crippen LogP contribution in [0.15, 0.2) is 24.3 Å². The predicted molar refractivity (Wildman–Crippen MR) is 78.3 cm³/mol. The zero-order valence-corrected chi connectivity index (χ0v) is 12.9. The molecule has 116 valence electrons. The van der Waals surface area contributed by atoms with E-state index >= 15 is 0 Å². The molecule has 0 spiro atoms. The highest BCUT2D eigenvalue weighted by Crippen LogP contribution is 2.12. The molecule has 0 bridgehead atoms. The van der Waals surface area contributed by atoms with Gasteiger partial charge in [-0.3, -0.25) is 9.59 Å². The fraction of sp³-hybridized carbons (Fsp3) is 0.500. The molecule has 21 heavy (non-hydrogen) atoms. The summed E-state index contributed by atoms with van der Waals surface area (Å²) < 4.78 is 17.6. The van der Waals surface area contributed by atoms with Gasteiger partial charge in [-0.25, -0.2) is 4.39 Å². The Morgan fingerprint density at radius 2 is 1.71 bits per heavy atom. The summed E-state index contributed by atoms with van der Waals surface area (Å²) in [5, 5.41) is 0. The number of esters is 1. The van der Waals surface area contributed by atoms with Gasteiger partial charge in [-0.05, 0) is 30.2 Å². The van der Waals surface area contributed by atoms with Crippen LogP contribution in [0.5, 0.6) is 0 Å². The molecule has 5 heteroatoms. The minimum Gasteiger partial charge on any atom is -0.469 e. The largest absolute Gasteiger partial charge is 0.469 e. The molecule has 0 aliphatic carbocycles. The zero-order valence-electron chi connectivity index (χ0n) is 12.9. The van der Waals surface area contributed by atoms with E-state index in [0.717, 1.165) is 0 Å². The summed E-state index contributed by atoms with van der Waals surface area (Å²) in [6.45, 7) is 6.51. The Kier molecular flexibility index (Phi) is 6.34. The first kappa shape index (κ1) is 17.1. The molecule has 1 unspecified atom stereocenters. The van der Waals surface area contributed by atoms with Gasteiger partial charge in [-0.15, -0.1) is 0 Å². The van der Waals surface area contributed by atoms with Crippen LogP contribution in [-0.4, -0.2) is 37.0 Å². The monoisotopic (exact) mass is 295 g/mol. The average molecular weight is 295 g/mol. The first-order valence-corrected chi connectivity index (χ1v) is 6.97. The number of hydrogen-bond donors (Lipinski definition) is 0. The molecule has 0 aliphatic rings. The van der Waals surface area contributed by atoms with Gasteiger partial charge in [-0.1, -0.05) is 20.8 Å². The number of carbonyl (C=O) groups is 2. The number of halogens is 1. The number of hydrogen-bond acceptors (Lipinski definition) is 3. The topological polar surface area (TPSA) is 46.6 Å². The van der Waals surface area contributed by atoms with Gasteiger partial charge in [-0.2, -0.15) is 0 Å². The summed E-state index contributed by atoms with van der Waals surface area (Å²) >= 11 is 0. The second-order valence-electron chi connectivity index (χ2n) is 5.54. The SMILES string of the molecule is COC(=O)C(C)CN(CC(C)C)C(=O)c1ccc(F)cc1. The van der Waals surface area contributed by atoms with Gasteiger partial charge in [0.05, 0.1) is 13.0 Å². The van der Waals surface area contributed by atoms with Crippen molar-refractivity contribution in [1.82, 2.24) is 4.90 Å². The van der Waals surface area contributed by atoms with Crippen molar-refractivity contribution in [2.75, 3.05) is 20.2 Å². The van der Waals surface area contributed by atoms with Gasteiger partial charge in [0, 0.05) is 18.7 Å². The van der Waals surface area contributed by atoms with Crippen LogP contribution in [0.2, 0.25) is 0 Å². The Morgan fingerprint density at radius 3 is 2.19 bits per heavy atom. The third kappa shape index (κ3) is 5.17. The van der Waals surface area contributed by atoms with Crippen molar-refractivity contribution in [3.63, 3.8) is 0 Å². The van der Waals surface area contributed by atoms with Crippen LogP contribution >= 0.6 is 0 Å². The maximum absolute atomic E-state index is 12.9. The predicted octanol–water partition coefficient (Wildman–Crippen LogP) is 2.73. The van der Waals surface area contributed by atoms with E-state index < -0.39 is 5.92 Å². The van der Waals surface area contributed by atoms with E-state index in [1.807, 2.05) is 13.8 Å². The zero-order chi connectivity index (χ0) is 16.0. The summed E-state index contributed by atoms with van der Waals surface area (Å²) in [6.07, 6.45) is 0. The number of benzene rings is 1. The van der Waals surface area contributed by atoms with Crippen molar-refractivity contribution in [2.24, 2.45) is 11.8 Å². The van der Waals surface area contributed by atoms with E-state index in [9.17, 15) is 14.0 Å². The highest BCUT2D eigenvalue weighted by Gasteiger charge is 2.23. The van der Waals surface area contributed by atoms with Crippen LogP contribution in [0, 0.1) is 17.7 Å². The highest BCUT2D eigenvalue weighted by atomic mass is 19.1. The van der Waals surface area contributed by atoms with Gasteiger partial charge in [0.1, 0.15) is 5.82 Å². The fourth-order valence-corrected chi connectivity index (χ4v) is 2.06. The molecule has 0 saturated carbocycles. The standard InChI is InChI=1S/C16H22FNO3/c1-11(2)9-18(10-12(3)16(20)21-4)15(19)13-5-7-14(17)8-6-13/h5-8,11-12H,9-10H2,1-4H3. The number of methoxy groups -OCH3 is 1. The molecule has 0 aliphatic heterocycles. The molecule has 0 saturated heterocycles. The molecule has 1 atom stereocenters. The minimum absolute atomic E-state index is 0.209. The summed E-state index contributed by atoms with van der Waals surface area (Å²) in [4.78, 5) is 25.6. The summed E-state index contributed by atoms with van der Waals surface area (Å²) in [7, 11) is 1.33. The lowest BCUT2D eigenvalue weighted by atomic mass is 10.1. The third-order valence-electron chi connectivity index (χ3n) is 3.06. The van der Waals surface area contributed by atoms with Crippen molar-refractivity contribution >= 4 is 11.9 Å². The van der Waals surface area contributed by atoms with Crippen LogP contribution in [0.25, 0.3) is 0 Å². The number of ether oxygens (including phenoxy) is 1. The molecule has 0 radical (unpaired) electrons. The van der Waals surface area contributed by atoms with Gasteiger partial charge in [0.15, 0.2) is 0 Å². The number of rotatable bonds is 6. The Labute approximate surface area is 124 Å². The second kappa shape index (κ2) is 7.76. The lowest BCUT2D eigenvalue weighted by molar-refractivity contribution is -0.145. The molecule has 0 fully saturated rings. The molecule has 1 rings (SSSR count). The number of nitrogens with zero attached hydrogens (tertiary/aromatic N) is 1. The first-order chi connectivity index (χ1) is 9.85. The molecule has 0 N–H and O–H groups in total. The Balaban J connectivity index is 2.88. The van der Waals surface area contributed by atoms with Crippen LogP contribution < -0.4 is 0 Å². The van der Waals surface area contributed by atoms with E-state index in [1.165, 1.54) is 31.4 Å². The molecule has 0 heterocycles. The maximum Gasteiger partial charge on any atom is 0.310 e. The van der Waals surface area contributed by atoms with Crippen molar-refractivity contribution in [2.45, 2.75) is 20.8 Å². The van der Waals surface area contributed by atoms with Crippen LogP contribution in [0.1, 0.15) is 31.1 Å². The lowest BCUT2D eigenvalue weighted by Gasteiger charge is -2.26. The highest BCUT2D eigenvalue weighted by molar-refractivity contribution is 5.94. The van der Waals surface area contributed by atoms with Crippen LogP contribution in [0.4, 0.5) is 4.39 Å². The lowest BCUT2D eigenvalue weighted by Crippen LogP contribution is -2.39. The number of carbonyl (C=O) groups excluding carboxylic acids is 2. The van der Waals surface area contributed by atoms with Crippen molar-refractivity contribution in [3.05, 3.63) is 35.6 Å². The van der Waals surface area contributed by atoms with E-state index in [0.29, 0.717) is 12.1 Å². The molecular formula is C16H22FNO3. The van der Waals surface area contributed by atoms with Gasteiger partial charge < -0.3 is 9.64 Å². The Bertz CT molecular complexity index is 485. The Morgan fingerprint density at radius 1 is 1.14 bits per heavy atom. The molecule has 1 aromatic carbocycles. The van der Waals surface area contributed by atoms with E-state index in [1.54, 1.807) is 11.8 Å². The van der Waals surface area contributed by atoms with Gasteiger partial charge in [0.25, 0.3) is 5.91 Å². The Hall–Kier alpha value is -1.91. The maximum atomic E-state index is 12.9.